The number of hydrogen-bond donors (Lipinski definition) is 0. The monoisotopic (exact) mass is 172 g/mol. The van der Waals surface area contributed by atoms with Gasteiger partial charge >= 0.3 is 5.97 Å². The fraction of sp³-hybridized carbons (Fsp3) is 0.500. The first-order chi connectivity index (χ1) is 5.56. The van der Waals surface area contributed by atoms with Crippen molar-refractivity contribution in [2.45, 2.75) is 12.1 Å². The second-order valence-electron chi connectivity index (χ2n) is 2.72. The average Bonchev–Trinajstić information content (AvgIpc) is 2.76. The quantitative estimate of drug-likeness (QED) is 0.463. The predicted molar refractivity (Wildman–Crippen MR) is 39.2 cm³/mol. The fourth-order valence-electron chi connectivity index (χ4n) is 1.10. The van der Waals surface area contributed by atoms with Crippen molar-refractivity contribution in [1.82, 2.24) is 0 Å². The van der Waals surface area contributed by atoms with E-state index in [1.54, 1.807) is 0 Å². The molecule has 0 amide bonds. The smallest absolute Gasteiger partial charge is 0.344 e. The molecule has 0 aromatic rings. The fourth-order valence-corrected chi connectivity index (χ4v) is 1.10. The summed E-state index contributed by atoms with van der Waals surface area (Å²) in [5, 5.41) is 0. The first-order valence-electron chi connectivity index (χ1n) is 3.50. The molecular weight excluding hydrogens is 163 g/mol. The van der Waals surface area contributed by atoms with Gasteiger partial charge in [-0.05, 0) is 6.08 Å². The molecule has 0 heterocycles. The van der Waals surface area contributed by atoms with Crippen LogP contribution in [0.5, 0.6) is 0 Å². The first kappa shape index (κ1) is 8.90. The van der Waals surface area contributed by atoms with Crippen LogP contribution in [0.25, 0.3) is 0 Å². The van der Waals surface area contributed by atoms with E-state index in [0.717, 1.165) is 13.2 Å². The number of methoxy groups -OCH3 is 1. The van der Waals surface area contributed by atoms with Crippen LogP contribution in [0.15, 0.2) is 12.7 Å². The summed E-state index contributed by atoms with van der Waals surface area (Å²) in [6.45, 7) is 3.20. The van der Waals surface area contributed by atoms with Crippen LogP contribution >= 0.6 is 0 Å². The molecule has 0 radical (unpaired) electrons. The van der Waals surface area contributed by atoms with Crippen molar-refractivity contribution in [3.8, 4) is 0 Å². The average molecular weight is 172 g/mol. The number of ketones is 1. The van der Waals surface area contributed by atoms with Crippen molar-refractivity contribution in [3.05, 3.63) is 12.7 Å². The lowest BCUT2D eigenvalue weighted by Gasteiger charge is -2.02. The Labute approximate surface area is 69.2 Å². The van der Waals surface area contributed by atoms with Crippen molar-refractivity contribution in [1.29, 1.82) is 0 Å². The molecule has 1 aliphatic carbocycles. The van der Waals surface area contributed by atoms with E-state index in [1.165, 1.54) is 0 Å². The van der Waals surface area contributed by atoms with Crippen LogP contribution < -0.4 is 0 Å². The van der Waals surface area contributed by atoms with Gasteiger partial charge < -0.3 is 4.74 Å². The van der Waals surface area contributed by atoms with E-state index in [-0.39, 0.29) is 6.42 Å². The lowest BCUT2D eigenvalue weighted by molar-refractivity contribution is -0.149. The number of halogens is 1. The van der Waals surface area contributed by atoms with Gasteiger partial charge in [-0.1, -0.05) is 6.58 Å². The Morgan fingerprint density at radius 3 is 2.75 bits per heavy atom. The second kappa shape index (κ2) is 2.69. The minimum Gasteiger partial charge on any atom is -0.467 e. The van der Waals surface area contributed by atoms with Crippen molar-refractivity contribution in [2.24, 2.45) is 5.92 Å². The molecule has 1 fully saturated rings. The Hall–Kier alpha value is -1.19. The standard InChI is InChI=1S/C8H9FO3/c1-3-6(10)5-4-8(5,9)7(11)12-2/h3,5H,1,4H2,2H3/t5-,8-/m0/s1. The molecule has 0 saturated heterocycles. The summed E-state index contributed by atoms with van der Waals surface area (Å²) in [6, 6.07) is 0. The van der Waals surface area contributed by atoms with Crippen LogP contribution in [0.4, 0.5) is 4.39 Å². The largest absolute Gasteiger partial charge is 0.467 e. The van der Waals surface area contributed by atoms with Crippen LogP contribution in [0, 0.1) is 5.92 Å². The molecule has 0 unspecified atom stereocenters. The summed E-state index contributed by atoms with van der Waals surface area (Å²) in [5.74, 6) is -2.28. The molecule has 66 valence electrons. The third kappa shape index (κ3) is 1.13. The van der Waals surface area contributed by atoms with Gasteiger partial charge in [0.05, 0.1) is 13.0 Å². The van der Waals surface area contributed by atoms with Crippen molar-refractivity contribution >= 4 is 11.8 Å². The van der Waals surface area contributed by atoms with Crippen molar-refractivity contribution in [3.63, 3.8) is 0 Å². The third-order valence-electron chi connectivity index (χ3n) is 1.96. The summed E-state index contributed by atoms with van der Waals surface area (Å²) in [5.41, 5.74) is -2.08. The zero-order valence-corrected chi connectivity index (χ0v) is 6.67. The van der Waals surface area contributed by atoms with Gasteiger partial charge in [-0.2, -0.15) is 0 Å². The number of allylic oxidation sites excluding steroid dienone is 1. The summed E-state index contributed by atoms with van der Waals surface area (Å²) in [7, 11) is 1.09. The summed E-state index contributed by atoms with van der Waals surface area (Å²) >= 11 is 0. The van der Waals surface area contributed by atoms with E-state index in [2.05, 4.69) is 11.3 Å². The van der Waals surface area contributed by atoms with Crippen LogP contribution in [0.2, 0.25) is 0 Å². The number of alkyl halides is 1. The Balaban J connectivity index is 2.65. The molecule has 3 nitrogen and oxygen atoms in total. The topological polar surface area (TPSA) is 43.4 Å². The Bertz CT molecular complexity index is 249. The highest BCUT2D eigenvalue weighted by Gasteiger charge is 2.65. The van der Waals surface area contributed by atoms with Gasteiger partial charge in [-0.25, -0.2) is 9.18 Å². The maximum Gasteiger partial charge on any atom is 0.344 e. The summed E-state index contributed by atoms with van der Waals surface area (Å²) in [4.78, 5) is 21.6. The molecule has 0 bridgehead atoms. The van der Waals surface area contributed by atoms with Gasteiger partial charge in [0.15, 0.2) is 5.78 Å². The molecule has 12 heavy (non-hydrogen) atoms. The molecule has 0 aromatic carbocycles. The Kier molecular flexibility index (Phi) is 2.00. The van der Waals surface area contributed by atoms with Gasteiger partial charge in [0.25, 0.3) is 0 Å². The zero-order chi connectivity index (χ0) is 9.35. The Morgan fingerprint density at radius 2 is 2.33 bits per heavy atom. The van der Waals surface area contributed by atoms with Gasteiger partial charge in [-0.15, -0.1) is 0 Å². The van der Waals surface area contributed by atoms with Gasteiger partial charge in [0.2, 0.25) is 5.67 Å². The number of hydrogen-bond acceptors (Lipinski definition) is 3. The summed E-state index contributed by atoms with van der Waals surface area (Å²) in [6.07, 6.45) is 0.944. The molecule has 2 atom stereocenters. The molecule has 0 aromatic heterocycles. The predicted octanol–water partition coefficient (Wildman–Crippen LogP) is 0.643. The highest BCUT2D eigenvalue weighted by molar-refractivity contribution is 6.01. The number of carbonyl (C=O) groups is 2. The SMILES string of the molecule is C=CC(=O)[C@@H]1C[C@@]1(F)C(=O)OC. The minimum atomic E-state index is -2.08. The number of ether oxygens (including phenoxy) is 1. The van der Waals surface area contributed by atoms with E-state index < -0.39 is 23.3 Å². The van der Waals surface area contributed by atoms with E-state index in [4.69, 9.17) is 0 Å². The second-order valence-corrected chi connectivity index (χ2v) is 2.72. The van der Waals surface area contributed by atoms with E-state index in [0.29, 0.717) is 0 Å². The molecule has 0 N–H and O–H groups in total. The molecule has 4 heteroatoms. The van der Waals surface area contributed by atoms with Crippen LogP contribution in [0.3, 0.4) is 0 Å². The van der Waals surface area contributed by atoms with Crippen LogP contribution in [0.1, 0.15) is 6.42 Å². The maximum absolute atomic E-state index is 13.3. The molecule has 1 rings (SSSR count). The lowest BCUT2D eigenvalue weighted by Crippen LogP contribution is -2.23. The summed E-state index contributed by atoms with van der Waals surface area (Å²) < 4.78 is 17.5. The number of carbonyl (C=O) groups excluding carboxylic acids is 2. The highest BCUT2D eigenvalue weighted by atomic mass is 19.1. The number of esters is 1. The normalized spacial score (nSPS) is 32.3. The van der Waals surface area contributed by atoms with Crippen LogP contribution in [-0.4, -0.2) is 24.5 Å². The minimum absolute atomic E-state index is 0.0788. The first-order valence-corrected chi connectivity index (χ1v) is 3.50. The van der Waals surface area contributed by atoms with E-state index in [9.17, 15) is 14.0 Å². The molecule has 0 spiro atoms. The van der Waals surface area contributed by atoms with Crippen molar-refractivity contribution < 1.29 is 18.7 Å². The van der Waals surface area contributed by atoms with Gasteiger partial charge in [0.1, 0.15) is 0 Å². The van der Waals surface area contributed by atoms with E-state index >= 15 is 0 Å². The van der Waals surface area contributed by atoms with Crippen LogP contribution in [-0.2, 0) is 14.3 Å². The molecule has 1 saturated carbocycles. The lowest BCUT2D eigenvalue weighted by atomic mass is 10.2. The highest BCUT2D eigenvalue weighted by Crippen LogP contribution is 2.48. The third-order valence-corrected chi connectivity index (χ3v) is 1.96. The molecular formula is C8H9FO3. The number of rotatable bonds is 3. The van der Waals surface area contributed by atoms with E-state index in [1.807, 2.05) is 0 Å². The molecule has 1 aliphatic rings. The van der Waals surface area contributed by atoms with Gasteiger partial charge in [-0.3, -0.25) is 4.79 Å². The molecule has 0 aliphatic heterocycles. The maximum atomic E-state index is 13.3. The van der Waals surface area contributed by atoms with Gasteiger partial charge in [0, 0.05) is 6.42 Å². The van der Waals surface area contributed by atoms with Crippen molar-refractivity contribution in [2.75, 3.05) is 7.11 Å². The zero-order valence-electron chi connectivity index (χ0n) is 6.67. The Morgan fingerprint density at radius 1 is 1.75 bits per heavy atom.